The molecule has 0 bridgehead atoms. The van der Waals surface area contributed by atoms with Gasteiger partial charge in [-0.25, -0.2) is 4.98 Å². The first-order valence-corrected chi connectivity index (χ1v) is 5.67. The van der Waals surface area contributed by atoms with Crippen LogP contribution in [0.25, 0.3) is 0 Å². The normalized spacial score (nSPS) is 10.2. The summed E-state index contributed by atoms with van der Waals surface area (Å²) in [5.74, 6) is 0.547. The smallest absolute Gasteiger partial charge is 0.146 e. The van der Waals surface area contributed by atoms with Crippen LogP contribution in [0.2, 0.25) is 0 Å². The van der Waals surface area contributed by atoms with Crippen molar-refractivity contribution >= 4 is 22.8 Å². The lowest BCUT2D eigenvalue weighted by molar-refractivity contribution is 1.13. The molecule has 0 aliphatic rings. The Kier molecular flexibility index (Phi) is 2.87. The van der Waals surface area contributed by atoms with E-state index in [1.807, 2.05) is 12.1 Å². The van der Waals surface area contributed by atoms with Crippen LogP contribution >= 0.6 is 11.3 Å². The molecule has 2 rings (SSSR count). The maximum absolute atomic E-state index is 5.73. The number of nitrogens with zero attached hydrogens (tertiary/aromatic N) is 1. The molecule has 0 fully saturated rings. The average Bonchev–Trinajstić information content (AvgIpc) is 2.63. The largest absolute Gasteiger partial charge is 0.382 e. The third-order valence-electron chi connectivity index (χ3n) is 2.27. The highest BCUT2D eigenvalue weighted by atomic mass is 32.1. The minimum Gasteiger partial charge on any atom is -0.382 e. The molecule has 0 saturated carbocycles. The van der Waals surface area contributed by atoms with Gasteiger partial charge in [0, 0.05) is 12.7 Å². The average molecular weight is 219 g/mol. The highest BCUT2D eigenvalue weighted by Crippen LogP contribution is 2.18. The van der Waals surface area contributed by atoms with Crippen molar-refractivity contribution in [3.8, 4) is 0 Å². The maximum atomic E-state index is 5.73. The van der Waals surface area contributed by atoms with Crippen molar-refractivity contribution in [3.63, 3.8) is 0 Å². The number of anilines is 2. The number of thiophene rings is 1. The molecule has 0 saturated heterocycles. The number of hydrogen-bond acceptors (Lipinski definition) is 4. The second-order valence-electron chi connectivity index (χ2n) is 3.37. The predicted octanol–water partition coefficient (Wildman–Crippen LogP) is 2.65. The molecule has 0 radical (unpaired) electrons. The zero-order valence-corrected chi connectivity index (χ0v) is 9.34. The standard InChI is InChI=1S/C11H13N3S/c1-8-6-15-7-9(8)5-14-10-3-2-4-13-11(10)12/h2-4,6-7,14H,5H2,1H3,(H2,12,13). The third-order valence-corrected chi connectivity index (χ3v) is 3.18. The first-order chi connectivity index (χ1) is 7.27. The van der Waals surface area contributed by atoms with Gasteiger partial charge in [-0.15, -0.1) is 0 Å². The van der Waals surface area contributed by atoms with Gasteiger partial charge >= 0.3 is 0 Å². The summed E-state index contributed by atoms with van der Waals surface area (Å²) in [5, 5.41) is 7.57. The summed E-state index contributed by atoms with van der Waals surface area (Å²) in [5.41, 5.74) is 9.24. The van der Waals surface area contributed by atoms with Crippen molar-refractivity contribution in [1.82, 2.24) is 4.98 Å². The molecule has 0 aliphatic heterocycles. The van der Waals surface area contributed by atoms with Crippen LogP contribution in [0.1, 0.15) is 11.1 Å². The second-order valence-corrected chi connectivity index (χ2v) is 4.11. The summed E-state index contributed by atoms with van der Waals surface area (Å²) in [7, 11) is 0. The van der Waals surface area contributed by atoms with Gasteiger partial charge in [0.1, 0.15) is 5.82 Å². The molecule has 0 unspecified atom stereocenters. The van der Waals surface area contributed by atoms with E-state index >= 15 is 0 Å². The van der Waals surface area contributed by atoms with Crippen LogP contribution in [-0.2, 0) is 6.54 Å². The van der Waals surface area contributed by atoms with Crippen molar-refractivity contribution in [2.75, 3.05) is 11.1 Å². The number of hydrogen-bond donors (Lipinski definition) is 2. The fraction of sp³-hybridized carbons (Fsp3) is 0.182. The van der Waals surface area contributed by atoms with Crippen LogP contribution in [0.15, 0.2) is 29.1 Å². The molecule has 78 valence electrons. The van der Waals surface area contributed by atoms with Crippen LogP contribution < -0.4 is 11.1 Å². The number of pyridine rings is 1. The molecule has 0 atom stereocenters. The van der Waals surface area contributed by atoms with E-state index in [1.54, 1.807) is 17.5 Å². The summed E-state index contributed by atoms with van der Waals surface area (Å²) in [6.45, 7) is 2.91. The van der Waals surface area contributed by atoms with Gasteiger partial charge in [-0.2, -0.15) is 11.3 Å². The lowest BCUT2D eigenvalue weighted by atomic mass is 10.2. The van der Waals surface area contributed by atoms with E-state index in [2.05, 4.69) is 28.0 Å². The van der Waals surface area contributed by atoms with Crippen LogP contribution in [0.5, 0.6) is 0 Å². The predicted molar refractivity (Wildman–Crippen MR) is 65.0 cm³/mol. The molecule has 15 heavy (non-hydrogen) atoms. The summed E-state index contributed by atoms with van der Waals surface area (Å²) in [6, 6.07) is 3.81. The lowest BCUT2D eigenvalue weighted by Gasteiger charge is -2.07. The Bertz CT molecular complexity index is 451. The number of aromatic nitrogens is 1. The lowest BCUT2D eigenvalue weighted by Crippen LogP contribution is -2.03. The Morgan fingerprint density at radius 2 is 2.33 bits per heavy atom. The first kappa shape index (κ1) is 9.98. The number of nitrogens with two attached hydrogens (primary N) is 1. The Balaban J connectivity index is 2.06. The first-order valence-electron chi connectivity index (χ1n) is 4.73. The molecule has 4 heteroatoms. The summed E-state index contributed by atoms with van der Waals surface area (Å²) in [4.78, 5) is 4.02. The van der Waals surface area contributed by atoms with E-state index in [9.17, 15) is 0 Å². The molecule has 0 aromatic carbocycles. The van der Waals surface area contributed by atoms with Gasteiger partial charge in [0.25, 0.3) is 0 Å². The van der Waals surface area contributed by atoms with Crippen molar-refractivity contribution in [3.05, 3.63) is 40.2 Å². The van der Waals surface area contributed by atoms with E-state index in [0.29, 0.717) is 5.82 Å². The molecule has 3 nitrogen and oxygen atoms in total. The van der Waals surface area contributed by atoms with E-state index in [1.165, 1.54) is 11.1 Å². The summed E-state index contributed by atoms with van der Waals surface area (Å²) < 4.78 is 0. The van der Waals surface area contributed by atoms with E-state index < -0.39 is 0 Å². The van der Waals surface area contributed by atoms with Gasteiger partial charge in [0.05, 0.1) is 5.69 Å². The fourth-order valence-corrected chi connectivity index (χ4v) is 2.18. The Morgan fingerprint density at radius 1 is 1.47 bits per heavy atom. The molecule has 2 aromatic rings. The van der Waals surface area contributed by atoms with Gasteiger partial charge in [-0.1, -0.05) is 0 Å². The van der Waals surface area contributed by atoms with Gasteiger partial charge in [-0.3, -0.25) is 0 Å². The van der Waals surface area contributed by atoms with Crippen LogP contribution in [-0.4, -0.2) is 4.98 Å². The zero-order chi connectivity index (χ0) is 10.7. The fourth-order valence-electron chi connectivity index (χ4n) is 1.33. The van der Waals surface area contributed by atoms with Crippen LogP contribution in [0.4, 0.5) is 11.5 Å². The van der Waals surface area contributed by atoms with Crippen molar-refractivity contribution in [2.45, 2.75) is 13.5 Å². The highest BCUT2D eigenvalue weighted by molar-refractivity contribution is 7.08. The zero-order valence-electron chi connectivity index (χ0n) is 8.53. The molecule has 0 aliphatic carbocycles. The maximum Gasteiger partial charge on any atom is 0.146 e. The van der Waals surface area contributed by atoms with E-state index in [0.717, 1.165) is 12.2 Å². The monoisotopic (exact) mass is 219 g/mol. The molecule has 3 N–H and O–H groups in total. The second kappa shape index (κ2) is 4.31. The van der Waals surface area contributed by atoms with E-state index in [-0.39, 0.29) is 0 Å². The van der Waals surface area contributed by atoms with Gasteiger partial charge in [0.15, 0.2) is 0 Å². The quantitative estimate of drug-likeness (QED) is 0.834. The molecule has 0 spiro atoms. The van der Waals surface area contributed by atoms with Crippen LogP contribution in [0, 0.1) is 6.92 Å². The van der Waals surface area contributed by atoms with Gasteiger partial charge in [0.2, 0.25) is 0 Å². The van der Waals surface area contributed by atoms with Crippen molar-refractivity contribution in [2.24, 2.45) is 0 Å². The number of nitrogens with one attached hydrogen (secondary N) is 1. The Hall–Kier alpha value is -1.55. The Morgan fingerprint density at radius 3 is 3.00 bits per heavy atom. The van der Waals surface area contributed by atoms with Gasteiger partial charge < -0.3 is 11.1 Å². The highest BCUT2D eigenvalue weighted by Gasteiger charge is 2.01. The molecule has 0 amide bonds. The van der Waals surface area contributed by atoms with Crippen molar-refractivity contribution < 1.29 is 0 Å². The molecule has 2 heterocycles. The van der Waals surface area contributed by atoms with E-state index in [4.69, 9.17) is 5.73 Å². The number of nitrogen functional groups attached to an aromatic ring is 1. The molecule has 2 aromatic heterocycles. The minimum atomic E-state index is 0.547. The van der Waals surface area contributed by atoms with Crippen molar-refractivity contribution in [1.29, 1.82) is 0 Å². The summed E-state index contributed by atoms with van der Waals surface area (Å²) >= 11 is 1.72. The van der Waals surface area contributed by atoms with Gasteiger partial charge in [-0.05, 0) is 40.9 Å². The van der Waals surface area contributed by atoms with Crippen LogP contribution in [0.3, 0.4) is 0 Å². The topological polar surface area (TPSA) is 50.9 Å². The SMILES string of the molecule is Cc1cscc1CNc1cccnc1N. The summed E-state index contributed by atoms with van der Waals surface area (Å²) in [6.07, 6.45) is 1.69. The minimum absolute atomic E-state index is 0.547. The molecular weight excluding hydrogens is 206 g/mol. The number of rotatable bonds is 3. The Labute approximate surface area is 93.0 Å². The third kappa shape index (κ3) is 2.27. The molecular formula is C11H13N3S. The number of aryl methyl sites for hydroxylation is 1.